The lowest BCUT2D eigenvalue weighted by Crippen LogP contribution is -2.62. The number of nitrogens with one attached hydrogen (secondary N) is 2. The molecule has 2 heterocycles. The van der Waals surface area contributed by atoms with Crippen LogP contribution in [0, 0.1) is 0 Å². The number of amides is 3. The number of urea groups is 1. The van der Waals surface area contributed by atoms with Crippen LogP contribution < -0.4 is 10.6 Å². The van der Waals surface area contributed by atoms with Crippen molar-refractivity contribution in [2.24, 2.45) is 0 Å². The van der Waals surface area contributed by atoms with Gasteiger partial charge in [0.2, 0.25) is 5.91 Å². The molecule has 0 spiro atoms. The first-order valence-electron chi connectivity index (χ1n) is 9.21. The average Bonchev–Trinajstić information content (AvgIpc) is 2.56. The Labute approximate surface area is 154 Å². The zero-order valence-corrected chi connectivity index (χ0v) is 15.5. The second-order valence-electron chi connectivity index (χ2n) is 7.20. The number of rotatable bonds is 5. The second-order valence-corrected chi connectivity index (χ2v) is 7.20. The zero-order valence-electron chi connectivity index (χ0n) is 15.5. The standard InChI is InChI=1S/C19H28N4O3/c1-14-10-22(6-7-26-14)11-17-5-3-4-16(8-17)9-20-19(25)23-12-18(13-23)21-15(2)24/h3-5,8,14,18H,6-7,9-13H2,1-2H3,(H,20,25)(H,21,24). The number of morpholine rings is 1. The van der Waals surface area contributed by atoms with E-state index in [4.69, 9.17) is 4.74 Å². The van der Waals surface area contributed by atoms with Crippen molar-refractivity contribution in [3.8, 4) is 0 Å². The fourth-order valence-electron chi connectivity index (χ4n) is 3.44. The number of likely N-dealkylation sites (tertiary alicyclic amines) is 1. The molecule has 0 aliphatic carbocycles. The molecule has 1 aromatic carbocycles. The minimum Gasteiger partial charge on any atom is -0.376 e. The third-order valence-electron chi connectivity index (χ3n) is 4.74. The van der Waals surface area contributed by atoms with Crippen LogP contribution in [0.5, 0.6) is 0 Å². The van der Waals surface area contributed by atoms with Crippen LogP contribution in [0.3, 0.4) is 0 Å². The summed E-state index contributed by atoms with van der Waals surface area (Å²) in [7, 11) is 0. The molecule has 3 rings (SSSR count). The van der Waals surface area contributed by atoms with Crippen LogP contribution in [0.25, 0.3) is 0 Å². The van der Waals surface area contributed by atoms with Crippen LogP contribution in [0.2, 0.25) is 0 Å². The molecule has 142 valence electrons. The number of hydrogen-bond donors (Lipinski definition) is 2. The first-order chi connectivity index (χ1) is 12.5. The number of hydrogen-bond acceptors (Lipinski definition) is 4. The molecular weight excluding hydrogens is 332 g/mol. The van der Waals surface area contributed by atoms with Gasteiger partial charge in [0.15, 0.2) is 0 Å². The first-order valence-corrected chi connectivity index (χ1v) is 9.21. The van der Waals surface area contributed by atoms with Gasteiger partial charge in [0.25, 0.3) is 0 Å². The van der Waals surface area contributed by atoms with Crippen LogP contribution in [0.15, 0.2) is 24.3 Å². The van der Waals surface area contributed by atoms with Crippen molar-refractivity contribution in [2.45, 2.75) is 39.1 Å². The predicted octanol–water partition coefficient (Wildman–Crippen LogP) is 0.937. The lowest BCUT2D eigenvalue weighted by Gasteiger charge is -2.39. The summed E-state index contributed by atoms with van der Waals surface area (Å²) in [5, 5.41) is 5.77. The monoisotopic (exact) mass is 360 g/mol. The topological polar surface area (TPSA) is 73.9 Å². The maximum absolute atomic E-state index is 12.1. The van der Waals surface area contributed by atoms with E-state index in [-0.39, 0.29) is 24.1 Å². The molecule has 3 amide bonds. The number of benzene rings is 1. The normalized spacial score (nSPS) is 21.2. The van der Waals surface area contributed by atoms with E-state index < -0.39 is 0 Å². The SMILES string of the molecule is CC(=O)NC1CN(C(=O)NCc2cccc(CN3CCOC(C)C3)c2)C1. The molecule has 1 unspecified atom stereocenters. The lowest BCUT2D eigenvalue weighted by molar-refractivity contribution is -0.120. The van der Waals surface area contributed by atoms with E-state index in [9.17, 15) is 9.59 Å². The van der Waals surface area contributed by atoms with Gasteiger partial charge in [0.05, 0.1) is 18.8 Å². The van der Waals surface area contributed by atoms with Crippen molar-refractivity contribution in [3.63, 3.8) is 0 Å². The van der Waals surface area contributed by atoms with Gasteiger partial charge in [-0.2, -0.15) is 0 Å². The van der Waals surface area contributed by atoms with Crippen molar-refractivity contribution >= 4 is 11.9 Å². The molecule has 0 saturated carbocycles. The van der Waals surface area contributed by atoms with Gasteiger partial charge in [-0.15, -0.1) is 0 Å². The van der Waals surface area contributed by atoms with Gasteiger partial charge in [0, 0.05) is 46.2 Å². The van der Waals surface area contributed by atoms with Crippen molar-refractivity contribution in [2.75, 3.05) is 32.8 Å². The Hall–Kier alpha value is -2.12. The van der Waals surface area contributed by atoms with Crippen LogP contribution in [0.1, 0.15) is 25.0 Å². The third kappa shape index (κ3) is 5.19. The molecule has 0 radical (unpaired) electrons. The Morgan fingerprint density at radius 1 is 1.23 bits per heavy atom. The maximum Gasteiger partial charge on any atom is 0.317 e. The smallest absolute Gasteiger partial charge is 0.317 e. The van der Waals surface area contributed by atoms with Gasteiger partial charge in [-0.3, -0.25) is 9.69 Å². The minimum absolute atomic E-state index is 0.0541. The quantitative estimate of drug-likeness (QED) is 0.820. The molecule has 2 saturated heterocycles. The molecule has 7 nitrogen and oxygen atoms in total. The molecule has 0 aromatic heterocycles. The van der Waals surface area contributed by atoms with Crippen molar-refractivity contribution < 1.29 is 14.3 Å². The summed E-state index contributed by atoms with van der Waals surface area (Å²) in [5.41, 5.74) is 2.34. The highest BCUT2D eigenvalue weighted by Gasteiger charge is 2.30. The summed E-state index contributed by atoms with van der Waals surface area (Å²) >= 11 is 0. The summed E-state index contributed by atoms with van der Waals surface area (Å²) in [6.07, 6.45) is 0.282. The van der Waals surface area contributed by atoms with Crippen molar-refractivity contribution in [1.82, 2.24) is 20.4 Å². The van der Waals surface area contributed by atoms with E-state index in [1.54, 1.807) is 4.90 Å². The molecule has 7 heteroatoms. The Morgan fingerprint density at radius 3 is 2.73 bits per heavy atom. The van der Waals surface area contributed by atoms with E-state index >= 15 is 0 Å². The van der Waals surface area contributed by atoms with Crippen molar-refractivity contribution in [1.29, 1.82) is 0 Å². The van der Waals surface area contributed by atoms with Crippen LogP contribution in [0.4, 0.5) is 4.79 Å². The van der Waals surface area contributed by atoms with Crippen LogP contribution >= 0.6 is 0 Å². The zero-order chi connectivity index (χ0) is 18.5. The van der Waals surface area contributed by atoms with Gasteiger partial charge in [-0.1, -0.05) is 24.3 Å². The summed E-state index contributed by atoms with van der Waals surface area (Å²) in [5.74, 6) is -0.0541. The Kier molecular flexibility index (Phi) is 6.11. The number of carbonyl (C=O) groups is 2. The van der Waals surface area contributed by atoms with Gasteiger partial charge < -0.3 is 20.3 Å². The molecule has 2 fully saturated rings. The molecule has 2 aliphatic heterocycles. The molecule has 0 bridgehead atoms. The number of ether oxygens (including phenoxy) is 1. The summed E-state index contributed by atoms with van der Waals surface area (Å²) in [6, 6.07) is 8.34. The largest absolute Gasteiger partial charge is 0.376 e. The number of carbonyl (C=O) groups excluding carboxylic acids is 2. The average molecular weight is 360 g/mol. The minimum atomic E-state index is -0.0843. The first kappa shape index (κ1) is 18.7. The fraction of sp³-hybridized carbons (Fsp3) is 0.579. The predicted molar refractivity (Wildman–Crippen MR) is 98.5 cm³/mol. The highest BCUT2D eigenvalue weighted by molar-refractivity contribution is 5.77. The molecular formula is C19H28N4O3. The van der Waals surface area contributed by atoms with Crippen LogP contribution in [-0.4, -0.2) is 66.7 Å². The molecule has 26 heavy (non-hydrogen) atoms. The third-order valence-corrected chi connectivity index (χ3v) is 4.74. The molecule has 2 N–H and O–H groups in total. The van der Waals surface area contributed by atoms with E-state index in [2.05, 4.69) is 34.6 Å². The fourth-order valence-corrected chi connectivity index (χ4v) is 3.44. The summed E-state index contributed by atoms with van der Waals surface area (Å²) in [4.78, 5) is 27.2. The Bertz CT molecular complexity index is 645. The highest BCUT2D eigenvalue weighted by Crippen LogP contribution is 2.13. The molecule has 1 aromatic rings. The van der Waals surface area contributed by atoms with E-state index in [1.807, 2.05) is 12.1 Å². The van der Waals surface area contributed by atoms with E-state index in [0.717, 1.165) is 31.8 Å². The lowest BCUT2D eigenvalue weighted by atomic mass is 10.1. The van der Waals surface area contributed by atoms with Gasteiger partial charge in [-0.25, -0.2) is 4.79 Å². The summed E-state index contributed by atoms with van der Waals surface area (Å²) < 4.78 is 5.58. The van der Waals surface area contributed by atoms with Gasteiger partial charge >= 0.3 is 6.03 Å². The second kappa shape index (κ2) is 8.51. The van der Waals surface area contributed by atoms with Crippen LogP contribution in [-0.2, 0) is 22.6 Å². The van der Waals surface area contributed by atoms with E-state index in [0.29, 0.717) is 19.6 Å². The van der Waals surface area contributed by atoms with E-state index in [1.165, 1.54) is 12.5 Å². The Morgan fingerprint density at radius 2 is 2.00 bits per heavy atom. The molecule has 2 aliphatic rings. The molecule has 1 atom stereocenters. The Balaban J connectivity index is 1.44. The maximum atomic E-state index is 12.1. The van der Waals surface area contributed by atoms with Gasteiger partial charge in [0.1, 0.15) is 0 Å². The van der Waals surface area contributed by atoms with Crippen molar-refractivity contribution in [3.05, 3.63) is 35.4 Å². The number of nitrogens with zero attached hydrogens (tertiary/aromatic N) is 2. The summed E-state index contributed by atoms with van der Waals surface area (Å²) in [6.45, 7) is 8.83. The van der Waals surface area contributed by atoms with Gasteiger partial charge in [-0.05, 0) is 18.1 Å². The highest BCUT2D eigenvalue weighted by atomic mass is 16.5.